The lowest BCUT2D eigenvalue weighted by Gasteiger charge is -2.10. The predicted octanol–water partition coefficient (Wildman–Crippen LogP) is 2.70. The van der Waals surface area contributed by atoms with E-state index >= 15 is 0 Å². The lowest BCUT2D eigenvalue weighted by molar-refractivity contribution is -0.114. The van der Waals surface area contributed by atoms with Crippen LogP contribution in [-0.4, -0.2) is 31.5 Å². The highest BCUT2D eigenvalue weighted by molar-refractivity contribution is 6.83. The van der Waals surface area contributed by atoms with Gasteiger partial charge in [0.05, 0.1) is 10.7 Å². The minimum atomic E-state index is -1.61. The minimum absolute atomic E-state index is 0.177. The van der Waals surface area contributed by atoms with Gasteiger partial charge in [-0.3, -0.25) is 9.59 Å². The number of amides is 1. The first-order valence-electron chi connectivity index (χ1n) is 6.42. The van der Waals surface area contributed by atoms with Crippen molar-refractivity contribution in [1.29, 1.82) is 0 Å². The molecule has 0 fully saturated rings. The summed E-state index contributed by atoms with van der Waals surface area (Å²) in [5.41, 5.74) is 4.37. The van der Waals surface area contributed by atoms with Gasteiger partial charge in [-0.2, -0.15) is 0 Å². The fraction of sp³-hybridized carbons (Fsp3) is 0.333. The molecule has 21 heavy (non-hydrogen) atoms. The molecule has 1 aromatic rings. The first-order chi connectivity index (χ1) is 9.64. The first kappa shape index (κ1) is 17.4. The van der Waals surface area contributed by atoms with Crippen LogP contribution in [0.4, 0.5) is 5.69 Å². The highest BCUT2D eigenvalue weighted by Crippen LogP contribution is 2.26. The molecule has 2 N–H and O–H groups in total. The van der Waals surface area contributed by atoms with Gasteiger partial charge in [0.1, 0.15) is 14.7 Å². The number of Topliss-reactive ketones (excluding diaryl/α,β-unsaturated/α-hetero) is 1. The zero-order valence-electron chi connectivity index (χ0n) is 12.5. The molecule has 1 rings (SSSR count). The number of aliphatic hydroxyl groups is 1. The highest BCUT2D eigenvalue weighted by atomic mass is 35.5. The topological polar surface area (TPSA) is 66.4 Å². The summed E-state index contributed by atoms with van der Waals surface area (Å²) in [6.45, 7) is 7.03. The first-order valence-corrected chi connectivity index (χ1v) is 10.3. The summed E-state index contributed by atoms with van der Waals surface area (Å²) in [6, 6.07) is 3.00. The van der Waals surface area contributed by atoms with Gasteiger partial charge in [-0.1, -0.05) is 37.2 Å². The third-order valence-corrected chi connectivity index (χ3v) is 3.62. The molecule has 0 heterocycles. The molecule has 4 nitrogen and oxygen atoms in total. The molecule has 0 saturated carbocycles. The molecule has 112 valence electrons. The number of anilines is 1. The molecule has 0 aliphatic carbocycles. The predicted molar refractivity (Wildman–Crippen MR) is 87.4 cm³/mol. The molecule has 0 aromatic heterocycles. The Kier molecular flexibility index (Phi) is 5.73. The number of halogens is 1. The van der Waals surface area contributed by atoms with Crippen molar-refractivity contribution < 1.29 is 14.7 Å². The maximum atomic E-state index is 11.7. The fourth-order valence-corrected chi connectivity index (χ4v) is 2.30. The molecule has 0 aliphatic heterocycles. The Morgan fingerprint density at radius 2 is 1.95 bits per heavy atom. The van der Waals surface area contributed by atoms with Gasteiger partial charge in [0.2, 0.25) is 5.91 Å². The van der Waals surface area contributed by atoms with Gasteiger partial charge in [-0.05, 0) is 12.1 Å². The number of hydrogen-bond donors (Lipinski definition) is 2. The number of hydrogen-bond acceptors (Lipinski definition) is 3. The Hall–Kier alpha value is -1.61. The largest absolute Gasteiger partial charge is 0.388 e. The monoisotopic (exact) mass is 323 g/mol. The van der Waals surface area contributed by atoms with Crippen LogP contribution < -0.4 is 5.32 Å². The van der Waals surface area contributed by atoms with Crippen molar-refractivity contribution in [3.63, 3.8) is 0 Å². The van der Waals surface area contributed by atoms with Crippen LogP contribution in [0.2, 0.25) is 24.7 Å². The van der Waals surface area contributed by atoms with Gasteiger partial charge in [-0.25, -0.2) is 0 Å². The van der Waals surface area contributed by atoms with Crippen molar-refractivity contribution in [2.75, 3.05) is 11.9 Å². The van der Waals surface area contributed by atoms with E-state index in [1.54, 1.807) is 0 Å². The van der Waals surface area contributed by atoms with E-state index in [4.69, 9.17) is 16.7 Å². The summed E-state index contributed by atoms with van der Waals surface area (Å²) in [5.74, 6) is 2.28. The number of carbonyl (C=O) groups excluding carboxylic acids is 2. The van der Waals surface area contributed by atoms with E-state index in [-0.39, 0.29) is 16.5 Å². The van der Waals surface area contributed by atoms with Crippen LogP contribution in [0.1, 0.15) is 22.8 Å². The van der Waals surface area contributed by atoms with Crippen molar-refractivity contribution in [3.05, 3.63) is 28.3 Å². The van der Waals surface area contributed by atoms with E-state index in [1.165, 1.54) is 19.1 Å². The molecular formula is C15H18ClNO3Si. The van der Waals surface area contributed by atoms with Crippen LogP contribution in [0.15, 0.2) is 12.1 Å². The molecule has 0 bridgehead atoms. The maximum absolute atomic E-state index is 11.7. The van der Waals surface area contributed by atoms with Crippen LogP contribution in [-0.2, 0) is 4.79 Å². The molecule has 0 saturated heterocycles. The van der Waals surface area contributed by atoms with Crippen molar-refractivity contribution in [2.24, 2.45) is 0 Å². The maximum Gasteiger partial charge on any atom is 0.221 e. The second-order valence-electron chi connectivity index (χ2n) is 5.64. The van der Waals surface area contributed by atoms with Crippen molar-refractivity contribution in [2.45, 2.75) is 26.6 Å². The van der Waals surface area contributed by atoms with Crippen molar-refractivity contribution >= 4 is 37.1 Å². The lowest BCUT2D eigenvalue weighted by Crippen LogP contribution is -2.16. The molecule has 6 heteroatoms. The van der Waals surface area contributed by atoms with Gasteiger partial charge >= 0.3 is 0 Å². The second-order valence-corrected chi connectivity index (χ2v) is 10.8. The van der Waals surface area contributed by atoms with Gasteiger partial charge < -0.3 is 10.4 Å². The minimum Gasteiger partial charge on any atom is -0.388 e. The summed E-state index contributed by atoms with van der Waals surface area (Å²) >= 11 is 6.03. The van der Waals surface area contributed by atoms with Gasteiger partial charge in [-0.15, -0.1) is 5.54 Å². The number of nitrogens with one attached hydrogen (secondary N) is 1. The van der Waals surface area contributed by atoms with Gasteiger partial charge in [0, 0.05) is 18.1 Å². The van der Waals surface area contributed by atoms with E-state index in [2.05, 4.69) is 36.4 Å². The Labute approximate surface area is 130 Å². The highest BCUT2D eigenvalue weighted by Gasteiger charge is 2.15. The van der Waals surface area contributed by atoms with Crippen molar-refractivity contribution in [1.82, 2.24) is 0 Å². The fourth-order valence-electron chi connectivity index (χ4n) is 1.52. The summed E-state index contributed by atoms with van der Waals surface area (Å²) in [7, 11) is -1.61. The Morgan fingerprint density at radius 3 is 2.43 bits per heavy atom. The van der Waals surface area contributed by atoms with Crippen molar-refractivity contribution in [3.8, 4) is 11.5 Å². The molecule has 1 aromatic carbocycles. The average molecular weight is 324 g/mol. The third-order valence-electron chi connectivity index (χ3n) is 2.43. The standard InChI is InChI=1S/C15H18ClNO3Si/c1-10(19)17-14-8-13(16)12(15(20)9-18)7-11(14)5-6-21(2,3)4/h7-8,18H,9H2,1-4H3,(H,17,19). The second kappa shape index (κ2) is 6.90. The van der Waals surface area contributed by atoms with E-state index in [9.17, 15) is 9.59 Å². The van der Waals surface area contributed by atoms with E-state index in [1.807, 2.05) is 0 Å². The molecule has 1 amide bonds. The lowest BCUT2D eigenvalue weighted by atomic mass is 10.1. The summed E-state index contributed by atoms with van der Waals surface area (Å²) in [4.78, 5) is 22.9. The van der Waals surface area contributed by atoms with Gasteiger partial charge in [0.25, 0.3) is 0 Å². The third kappa shape index (κ3) is 5.35. The molecule has 0 atom stereocenters. The quantitative estimate of drug-likeness (QED) is 0.510. The van der Waals surface area contributed by atoms with E-state index < -0.39 is 20.5 Å². The zero-order chi connectivity index (χ0) is 16.2. The summed E-state index contributed by atoms with van der Waals surface area (Å²) in [5, 5.41) is 11.8. The molecule has 0 aliphatic rings. The Balaban J connectivity index is 3.43. The SMILES string of the molecule is CC(=O)Nc1cc(Cl)c(C(=O)CO)cc1C#C[Si](C)(C)C. The van der Waals surface area contributed by atoms with Crippen LogP contribution in [0.3, 0.4) is 0 Å². The number of carbonyl (C=O) groups is 2. The van der Waals surface area contributed by atoms with Crippen LogP contribution in [0.25, 0.3) is 0 Å². The van der Waals surface area contributed by atoms with Crippen LogP contribution >= 0.6 is 11.6 Å². The van der Waals surface area contributed by atoms with E-state index in [0.29, 0.717) is 11.3 Å². The number of ketones is 1. The van der Waals surface area contributed by atoms with E-state index in [0.717, 1.165) is 0 Å². The smallest absolute Gasteiger partial charge is 0.221 e. The average Bonchev–Trinajstić information content (AvgIpc) is 2.35. The number of rotatable bonds is 3. The number of benzene rings is 1. The van der Waals surface area contributed by atoms with Crippen LogP contribution in [0.5, 0.6) is 0 Å². The Bertz CT molecular complexity index is 639. The molecular weight excluding hydrogens is 306 g/mol. The molecule has 0 radical (unpaired) electrons. The van der Waals surface area contributed by atoms with Gasteiger partial charge in [0.15, 0.2) is 5.78 Å². The molecule has 0 unspecified atom stereocenters. The molecule has 0 spiro atoms. The summed E-state index contributed by atoms with van der Waals surface area (Å²) < 4.78 is 0. The number of aliphatic hydroxyl groups excluding tert-OH is 1. The Morgan fingerprint density at radius 1 is 1.33 bits per heavy atom. The van der Waals surface area contributed by atoms with Crippen LogP contribution in [0, 0.1) is 11.5 Å². The normalized spacial score (nSPS) is 10.6. The zero-order valence-corrected chi connectivity index (χ0v) is 14.3. The summed E-state index contributed by atoms with van der Waals surface area (Å²) in [6.07, 6.45) is 0.